The molecule has 3 aromatic carbocycles. The number of halogens is 3. The molecule has 164 valence electrons. The Morgan fingerprint density at radius 1 is 1.03 bits per heavy atom. The Hall–Kier alpha value is -3.81. The summed E-state index contributed by atoms with van der Waals surface area (Å²) in [6.45, 7) is 0. The topological polar surface area (TPSA) is 50.2 Å². The number of hydrogen-bond donors (Lipinski definition) is 1. The molecule has 0 aliphatic heterocycles. The molecule has 1 N–H and O–H groups in total. The third-order valence-electron chi connectivity index (χ3n) is 5.41. The lowest BCUT2D eigenvalue weighted by atomic mass is 9.98. The molecule has 0 fully saturated rings. The van der Waals surface area contributed by atoms with E-state index in [1.54, 1.807) is 79.1 Å². The average molecular weight is 438 g/mol. The maximum absolute atomic E-state index is 13.9. The van der Waals surface area contributed by atoms with Crippen molar-refractivity contribution in [1.82, 2.24) is 14.9 Å². The second kappa shape index (κ2) is 8.03. The SMILES string of the molecule is CNC(=O)c1cccc(N(C)c2nc3cc(C(F)(F)F)c(-c4ccccc4)cc3n2C)c1. The lowest BCUT2D eigenvalue weighted by molar-refractivity contribution is -0.137. The van der Waals surface area contributed by atoms with E-state index in [0.717, 1.165) is 6.07 Å². The van der Waals surface area contributed by atoms with Gasteiger partial charge in [0.15, 0.2) is 0 Å². The molecule has 0 aliphatic rings. The van der Waals surface area contributed by atoms with Crippen molar-refractivity contribution in [2.24, 2.45) is 7.05 Å². The fourth-order valence-electron chi connectivity index (χ4n) is 3.73. The Morgan fingerprint density at radius 3 is 2.41 bits per heavy atom. The van der Waals surface area contributed by atoms with Gasteiger partial charge < -0.3 is 14.8 Å². The quantitative estimate of drug-likeness (QED) is 0.465. The van der Waals surface area contributed by atoms with Gasteiger partial charge in [0.05, 0.1) is 16.6 Å². The van der Waals surface area contributed by atoms with Crippen LogP contribution in [0.1, 0.15) is 15.9 Å². The van der Waals surface area contributed by atoms with Crippen molar-refractivity contribution >= 4 is 28.6 Å². The molecule has 0 bridgehead atoms. The van der Waals surface area contributed by atoms with Crippen LogP contribution in [0.2, 0.25) is 0 Å². The van der Waals surface area contributed by atoms with E-state index in [0.29, 0.717) is 28.3 Å². The van der Waals surface area contributed by atoms with Gasteiger partial charge in [-0.15, -0.1) is 0 Å². The van der Waals surface area contributed by atoms with Gasteiger partial charge in [0, 0.05) is 32.4 Å². The molecule has 0 saturated carbocycles. The van der Waals surface area contributed by atoms with Gasteiger partial charge in [-0.05, 0) is 41.5 Å². The maximum atomic E-state index is 13.9. The molecule has 4 aromatic rings. The van der Waals surface area contributed by atoms with Crippen LogP contribution in [0, 0.1) is 0 Å². The number of anilines is 2. The number of nitrogens with zero attached hydrogens (tertiary/aromatic N) is 3. The highest BCUT2D eigenvalue weighted by Crippen LogP contribution is 2.40. The molecule has 5 nitrogen and oxygen atoms in total. The number of nitrogens with one attached hydrogen (secondary N) is 1. The number of fused-ring (bicyclic) bond motifs is 1. The molecule has 32 heavy (non-hydrogen) atoms. The highest BCUT2D eigenvalue weighted by molar-refractivity contribution is 5.95. The van der Waals surface area contributed by atoms with E-state index < -0.39 is 11.7 Å². The number of imidazole rings is 1. The Bertz CT molecular complexity index is 1300. The fourth-order valence-corrected chi connectivity index (χ4v) is 3.73. The number of aryl methyl sites for hydroxylation is 1. The first-order chi connectivity index (χ1) is 15.2. The van der Waals surface area contributed by atoms with E-state index in [4.69, 9.17) is 0 Å². The zero-order chi connectivity index (χ0) is 23.0. The normalized spacial score (nSPS) is 11.6. The molecular formula is C24H21F3N4O. The zero-order valence-corrected chi connectivity index (χ0v) is 17.7. The van der Waals surface area contributed by atoms with Crippen LogP contribution < -0.4 is 10.2 Å². The van der Waals surface area contributed by atoms with E-state index in [2.05, 4.69) is 10.3 Å². The first-order valence-electron chi connectivity index (χ1n) is 9.89. The van der Waals surface area contributed by atoms with Crippen molar-refractivity contribution in [3.63, 3.8) is 0 Å². The van der Waals surface area contributed by atoms with Crippen molar-refractivity contribution in [2.75, 3.05) is 19.0 Å². The van der Waals surface area contributed by atoms with E-state index in [1.807, 2.05) is 6.07 Å². The van der Waals surface area contributed by atoms with Gasteiger partial charge in [0.25, 0.3) is 5.91 Å². The molecule has 0 spiro atoms. The smallest absolute Gasteiger partial charge is 0.355 e. The molecule has 0 atom stereocenters. The highest BCUT2D eigenvalue weighted by atomic mass is 19.4. The highest BCUT2D eigenvalue weighted by Gasteiger charge is 2.35. The molecule has 8 heteroatoms. The van der Waals surface area contributed by atoms with Gasteiger partial charge in [0.2, 0.25) is 5.95 Å². The fraction of sp³-hybridized carbons (Fsp3) is 0.167. The molecule has 0 radical (unpaired) electrons. The summed E-state index contributed by atoms with van der Waals surface area (Å²) in [6, 6.07) is 18.1. The summed E-state index contributed by atoms with van der Waals surface area (Å²) in [5, 5.41) is 2.58. The minimum absolute atomic E-state index is 0.101. The minimum Gasteiger partial charge on any atom is -0.355 e. The van der Waals surface area contributed by atoms with E-state index in [-0.39, 0.29) is 17.0 Å². The summed E-state index contributed by atoms with van der Waals surface area (Å²) < 4.78 is 43.3. The number of amides is 1. The van der Waals surface area contributed by atoms with Gasteiger partial charge in [-0.2, -0.15) is 13.2 Å². The van der Waals surface area contributed by atoms with Crippen LogP contribution in [0.25, 0.3) is 22.2 Å². The standard InChI is InChI=1S/C24H21F3N4O/c1-28-22(32)16-10-7-11-17(12-16)30(2)23-29-20-14-19(24(25,26)27)18(13-21(20)31(23)3)15-8-5-4-6-9-15/h4-14H,1-3H3,(H,28,32). The van der Waals surface area contributed by atoms with Crippen molar-refractivity contribution in [3.8, 4) is 11.1 Å². The second-order valence-corrected chi connectivity index (χ2v) is 7.41. The Balaban J connectivity index is 1.87. The molecule has 0 unspecified atom stereocenters. The summed E-state index contributed by atoms with van der Waals surface area (Å²) in [4.78, 5) is 18.2. The number of rotatable bonds is 4. The molecule has 0 aliphatic carbocycles. The largest absolute Gasteiger partial charge is 0.417 e. The minimum atomic E-state index is -4.52. The van der Waals surface area contributed by atoms with Crippen molar-refractivity contribution in [1.29, 1.82) is 0 Å². The first kappa shape index (κ1) is 21.4. The second-order valence-electron chi connectivity index (χ2n) is 7.41. The first-order valence-corrected chi connectivity index (χ1v) is 9.89. The monoisotopic (exact) mass is 438 g/mol. The van der Waals surface area contributed by atoms with Crippen molar-refractivity contribution < 1.29 is 18.0 Å². The summed E-state index contributed by atoms with van der Waals surface area (Å²) in [5.74, 6) is 0.222. The predicted molar refractivity (Wildman–Crippen MR) is 119 cm³/mol. The summed E-state index contributed by atoms with van der Waals surface area (Å²) >= 11 is 0. The number of alkyl halides is 3. The summed E-state index contributed by atoms with van der Waals surface area (Å²) in [6.07, 6.45) is -4.52. The Kier molecular flexibility index (Phi) is 5.38. The van der Waals surface area contributed by atoms with Gasteiger partial charge in [-0.25, -0.2) is 4.98 Å². The maximum Gasteiger partial charge on any atom is 0.417 e. The van der Waals surface area contributed by atoms with Crippen molar-refractivity contribution in [3.05, 3.63) is 77.9 Å². The van der Waals surface area contributed by atoms with E-state index in [1.165, 1.54) is 6.07 Å². The lowest BCUT2D eigenvalue weighted by Crippen LogP contribution is -2.19. The van der Waals surface area contributed by atoms with Crippen LogP contribution in [-0.4, -0.2) is 29.6 Å². The van der Waals surface area contributed by atoms with Gasteiger partial charge in [0.1, 0.15) is 0 Å². The molecule has 4 rings (SSSR count). The van der Waals surface area contributed by atoms with E-state index >= 15 is 0 Å². The number of benzene rings is 3. The third kappa shape index (κ3) is 3.79. The van der Waals surface area contributed by atoms with Crippen LogP contribution in [0.15, 0.2) is 66.7 Å². The van der Waals surface area contributed by atoms with Gasteiger partial charge >= 0.3 is 6.18 Å². The third-order valence-corrected chi connectivity index (χ3v) is 5.41. The average Bonchev–Trinajstić information content (AvgIpc) is 3.13. The molecule has 1 amide bonds. The molecular weight excluding hydrogens is 417 g/mol. The summed E-state index contributed by atoms with van der Waals surface area (Å²) in [5.41, 5.74) is 1.82. The zero-order valence-electron chi connectivity index (χ0n) is 17.7. The van der Waals surface area contributed by atoms with Crippen LogP contribution in [0.4, 0.5) is 24.8 Å². The molecule has 1 heterocycles. The Labute approximate surface area is 183 Å². The number of aromatic nitrogens is 2. The Morgan fingerprint density at radius 2 is 1.75 bits per heavy atom. The van der Waals surface area contributed by atoms with Crippen LogP contribution in [0.3, 0.4) is 0 Å². The lowest BCUT2D eigenvalue weighted by Gasteiger charge is -2.19. The molecule has 1 aromatic heterocycles. The van der Waals surface area contributed by atoms with Crippen LogP contribution in [0.5, 0.6) is 0 Å². The number of hydrogen-bond acceptors (Lipinski definition) is 3. The van der Waals surface area contributed by atoms with Gasteiger partial charge in [-0.3, -0.25) is 4.79 Å². The summed E-state index contributed by atoms with van der Waals surface area (Å²) in [7, 11) is 5.06. The number of carbonyl (C=O) groups excluding carboxylic acids is 1. The number of carbonyl (C=O) groups is 1. The van der Waals surface area contributed by atoms with Crippen LogP contribution in [-0.2, 0) is 13.2 Å². The van der Waals surface area contributed by atoms with Gasteiger partial charge in [-0.1, -0.05) is 36.4 Å². The van der Waals surface area contributed by atoms with Crippen LogP contribution >= 0.6 is 0 Å². The van der Waals surface area contributed by atoms with E-state index in [9.17, 15) is 18.0 Å². The molecule has 0 saturated heterocycles. The van der Waals surface area contributed by atoms with Crippen molar-refractivity contribution in [2.45, 2.75) is 6.18 Å². The predicted octanol–water partition coefficient (Wildman–Crippen LogP) is 5.39.